The maximum absolute atomic E-state index is 13.2. The number of aromatic nitrogens is 2. The molecule has 0 N–H and O–H groups in total. The summed E-state index contributed by atoms with van der Waals surface area (Å²) in [6.07, 6.45) is -0.124. The summed E-state index contributed by atoms with van der Waals surface area (Å²) in [5.41, 5.74) is 0.129. The minimum atomic E-state index is -2.92. The second-order valence-electron chi connectivity index (χ2n) is 7.32. The molecule has 1 fully saturated rings. The zero-order chi connectivity index (χ0) is 21.4. The number of alkyl halides is 2. The Bertz CT molecular complexity index is 1190. The molecule has 1 aliphatic heterocycles. The normalized spacial score (nSPS) is 18.6. The first kappa shape index (κ1) is 20.6. The van der Waals surface area contributed by atoms with Crippen molar-refractivity contribution in [2.75, 3.05) is 6.61 Å². The Morgan fingerprint density at radius 3 is 2.50 bits per heavy atom. The van der Waals surface area contributed by atoms with Gasteiger partial charge in [-0.1, -0.05) is 30.7 Å². The highest BCUT2D eigenvalue weighted by Crippen LogP contribution is 2.23. The zero-order valence-corrected chi connectivity index (χ0v) is 16.8. The highest BCUT2D eigenvalue weighted by atomic mass is 35.5. The first-order chi connectivity index (χ1) is 14.3. The highest BCUT2D eigenvalue weighted by molar-refractivity contribution is 6.31. The number of halogens is 3. The van der Waals surface area contributed by atoms with Gasteiger partial charge in [-0.15, -0.1) is 0 Å². The summed E-state index contributed by atoms with van der Waals surface area (Å²) < 4.78 is 37.2. The average Bonchev–Trinajstić information content (AvgIpc) is 2.70. The van der Waals surface area contributed by atoms with Gasteiger partial charge in [0.2, 0.25) is 0 Å². The number of hydrogen-bond acceptors (Lipinski definition) is 4. The van der Waals surface area contributed by atoms with Gasteiger partial charge in [-0.3, -0.25) is 13.9 Å². The molecule has 2 atom stereocenters. The minimum Gasteiger partial charge on any atom is -0.435 e. The standard InChI is InChI=1S/C21H19ClF2N2O4/c1-12-11-29-18(12)10-25-17-8-14(22)4-7-16(17)19(27)26(21(25)28)9-13-2-5-15(6-3-13)30-20(23)24/h2-8,12,18,20H,9-11H2,1H3. The highest BCUT2D eigenvalue weighted by Gasteiger charge is 2.29. The van der Waals surface area contributed by atoms with Crippen molar-refractivity contribution < 1.29 is 18.3 Å². The monoisotopic (exact) mass is 436 g/mol. The molecule has 0 saturated carbocycles. The van der Waals surface area contributed by atoms with Crippen LogP contribution in [0.25, 0.3) is 10.9 Å². The van der Waals surface area contributed by atoms with Crippen LogP contribution in [0.2, 0.25) is 5.02 Å². The molecule has 2 heterocycles. The lowest BCUT2D eigenvalue weighted by atomic mass is 10.0. The van der Waals surface area contributed by atoms with E-state index in [-0.39, 0.29) is 18.4 Å². The van der Waals surface area contributed by atoms with Crippen molar-refractivity contribution in [2.45, 2.75) is 32.7 Å². The summed E-state index contributed by atoms with van der Waals surface area (Å²) in [4.78, 5) is 26.2. The van der Waals surface area contributed by atoms with Crippen LogP contribution in [-0.4, -0.2) is 28.5 Å². The number of fused-ring (bicyclic) bond motifs is 1. The summed E-state index contributed by atoms with van der Waals surface area (Å²) in [6.45, 7) is 0.0389. The Labute approximate surface area is 175 Å². The molecule has 6 nitrogen and oxygen atoms in total. The predicted molar refractivity (Wildman–Crippen MR) is 109 cm³/mol. The molecular formula is C21H19ClF2N2O4. The fourth-order valence-corrected chi connectivity index (χ4v) is 3.67. The van der Waals surface area contributed by atoms with Gasteiger partial charge in [0.25, 0.3) is 5.56 Å². The van der Waals surface area contributed by atoms with Crippen molar-refractivity contribution in [1.82, 2.24) is 9.13 Å². The molecule has 0 bridgehead atoms. The van der Waals surface area contributed by atoms with Crippen LogP contribution in [-0.2, 0) is 17.8 Å². The van der Waals surface area contributed by atoms with Crippen LogP contribution in [0.1, 0.15) is 12.5 Å². The van der Waals surface area contributed by atoms with Gasteiger partial charge in [-0.25, -0.2) is 4.79 Å². The van der Waals surface area contributed by atoms with Gasteiger partial charge in [-0.05, 0) is 35.9 Å². The third-order valence-corrected chi connectivity index (χ3v) is 5.48. The number of hydrogen-bond donors (Lipinski definition) is 0. The second-order valence-corrected chi connectivity index (χ2v) is 7.75. The predicted octanol–water partition coefficient (Wildman–Crippen LogP) is 3.50. The third-order valence-electron chi connectivity index (χ3n) is 5.25. The second kappa shape index (κ2) is 8.20. The smallest absolute Gasteiger partial charge is 0.387 e. The van der Waals surface area contributed by atoms with E-state index < -0.39 is 17.9 Å². The van der Waals surface area contributed by atoms with E-state index in [0.29, 0.717) is 40.6 Å². The Balaban J connectivity index is 1.76. The summed E-state index contributed by atoms with van der Waals surface area (Å²) in [5, 5.41) is 0.786. The quantitative estimate of drug-likeness (QED) is 0.593. The Hall–Kier alpha value is -2.71. The SMILES string of the molecule is CC1COC1Cn1c(=O)n(Cc2ccc(OC(F)F)cc2)c(=O)c2ccc(Cl)cc21. The molecule has 9 heteroatoms. The van der Waals surface area contributed by atoms with Crippen LogP contribution in [0, 0.1) is 5.92 Å². The summed E-state index contributed by atoms with van der Waals surface area (Å²) >= 11 is 6.11. The number of nitrogens with zero attached hydrogens (tertiary/aromatic N) is 2. The van der Waals surface area contributed by atoms with E-state index in [9.17, 15) is 18.4 Å². The van der Waals surface area contributed by atoms with Gasteiger partial charge in [0, 0.05) is 10.9 Å². The molecule has 0 aliphatic carbocycles. The maximum atomic E-state index is 13.2. The molecule has 158 valence electrons. The molecule has 30 heavy (non-hydrogen) atoms. The van der Waals surface area contributed by atoms with Crippen LogP contribution in [0.3, 0.4) is 0 Å². The molecular weight excluding hydrogens is 418 g/mol. The molecule has 4 rings (SSSR count). The average molecular weight is 437 g/mol. The van der Waals surface area contributed by atoms with E-state index in [4.69, 9.17) is 16.3 Å². The van der Waals surface area contributed by atoms with Crippen LogP contribution in [0.15, 0.2) is 52.1 Å². The molecule has 1 saturated heterocycles. The summed E-state index contributed by atoms with van der Waals surface area (Å²) in [5.74, 6) is 0.302. The van der Waals surface area contributed by atoms with Crippen molar-refractivity contribution in [3.8, 4) is 5.75 Å². The lowest BCUT2D eigenvalue weighted by Gasteiger charge is -2.34. The van der Waals surface area contributed by atoms with Crippen LogP contribution in [0.5, 0.6) is 5.75 Å². The van der Waals surface area contributed by atoms with Crippen LogP contribution in [0.4, 0.5) is 8.78 Å². The summed E-state index contributed by atoms with van der Waals surface area (Å²) in [6, 6.07) is 10.6. The summed E-state index contributed by atoms with van der Waals surface area (Å²) in [7, 11) is 0. The van der Waals surface area contributed by atoms with Crippen molar-refractivity contribution in [3.63, 3.8) is 0 Å². The minimum absolute atomic E-state index is 0.00258. The van der Waals surface area contributed by atoms with Crippen LogP contribution >= 0.6 is 11.6 Å². The Kier molecular flexibility index (Phi) is 5.62. The van der Waals surface area contributed by atoms with E-state index in [2.05, 4.69) is 4.74 Å². The molecule has 2 unspecified atom stereocenters. The molecule has 0 spiro atoms. The molecule has 2 aromatic carbocycles. The lowest BCUT2D eigenvalue weighted by Crippen LogP contribution is -2.46. The van der Waals surface area contributed by atoms with Crippen LogP contribution < -0.4 is 16.0 Å². The molecule has 0 amide bonds. The van der Waals surface area contributed by atoms with E-state index in [1.807, 2.05) is 6.92 Å². The van der Waals surface area contributed by atoms with Gasteiger partial charge >= 0.3 is 12.3 Å². The molecule has 1 aromatic heterocycles. The van der Waals surface area contributed by atoms with E-state index >= 15 is 0 Å². The molecule has 1 aliphatic rings. The first-order valence-corrected chi connectivity index (χ1v) is 9.79. The van der Waals surface area contributed by atoms with Crippen molar-refractivity contribution in [3.05, 3.63) is 73.9 Å². The van der Waals surface area contributed by atoms with Crippen molar-refractivity contribution in [2.24, 2.45) is 5.92 Å². The topological polar surface area (TPSA) is 62.5 Å². The number of benzene rings is 2. The lowest BCUT2D eigenvalue weighted by molar-refractivity contribution is -0.113. The van der Waals surface area contributed by atoms with Gasteiger partial charge in [0.15, 0.2) is 0 Å². The van der Waals surface area contributed by atoms with Gasteiger partial charge in [0.05, 0.1) is 36.7 Å². The third kappa shape index (κ3) is 3.97. The van der Waals surface area contributed by atoms with Gasteiger partial charge in [-0.2, -0.15) is 8.78 Å². The van der Waals surface area contributed by atoms with Crippen molar-refractivity contribution >= 4 is 22.5 Å². The maximum Gasteiger partial charge on any atom is 0.387 e. The number of ether oxygens (including phenoxy) is 2. The van der Waals surface area contributed by atoms with Gasteiger partial charge < -0.3 is 9.47 Å². The van der Waals surface area contributed by atoms with Gasteiger partial charge in [0.1, 0.15) is 5.75 Å². The van der Waals surface area contributed by atoms with E-state index in [1.165, 1.54) is 28.8 Å². The molecule has 3 aromatic rings. The fraction of sp³-hybridized carbons (Fsp3) is 0.333. The fourth-order valence-electron chi connectivity index (χ4n) is 3.50. The Morgan fingerprint density at radius 2 is 1.90 bits per heavy atom. The van der Waals surface area contributed by atoms with E-state index in [1.54, 1.807) is 18.2 Å². The largest absolute Gasteiger partial charge is 0.435 e. The van der Waals surface area contributed by atoms with E-state index in [0.717, 1.165) is 4.57 Å². The van der Waals surface area contributed by atoms with Crippen molar-refractivity contribution in [1.29, 1.82) is 0 Å². The molecule has 0 radical (unpaired) electrons. The Morgan fingerprint density at radius 1 is 1.17 bits per heavy atom. The number of rotatable bonds is 6. The first-order valence-electron chi connectivity index (χ1n) is 9.41. The zero-order valence-electron chi connectivity index (χ0n) is 16.1.